The Hall–Kier alpha value is -3.23. The van der Waals surface area contributed by atoms with Gasteiger partial charge in [-0.15, -0.1) is 0 Å². The number of nitriles is 1. The van der Waals surface area contributed by atoms with Crippen molar-refractivity contribution in [2.45, 2.75) is 44.9 Å². The fourth-order valence-corrected chi connectivity index (χ4v) is 5.04. The molecule has 0 saturated carbocycles. The molecule has 11 heteroatoms. The van der Waals surface area contributed by atoms with Gasteiger partial charge in [0.2, 0.25) is 0 Å². The summed E-state index contributed by atoms with van der Waals surface area (Å²) in [6.45, 7) is 5.41. The summed E-state index contributed by atoms with van der Waals surface area (Å²) < 4.78 is 40.5. The highest BCUT2D eigenvalue weighted by Crippen LogP contribution is 2.38. The molecule has 1 aromatic heterocycles. The topological polar surface area (TPSA) is 83.7 Å². The van der Waals surface area contributed by atoms with E-state index in [4.69, 9.17) is 17.5 Å². The van der Waals surface area contributed by atoms with E-state index in [1.165, 1.54) is 6.07 Å². The lowest BCUT2D eigenvalue weighted by molar-refractivity contribution is -0.137. The minimum Gasteiger partial charge on any atom is -0.396 e. The van der Waals surface area contributed by atoms with Crippen molar-refractivity contribution in [1.82, 2.24) is 9.88 Å². The number of anilines is 2. The van der Waals surface area contributed by atoms with E-state index in [0.717, 1.165) is 54.3 Å². The van der Waals surface area contributed by atoms with Crippen LogP contribution in [0.5, 0.6) is 0 Å². The first-order chi connectivity index (χ1) is 17.0. The number of rotatable bonds is 5. The molecule has 2 saturated heterocycles. The zero-order chi connectivity index (χ0) is 26.3. The van der Waals surface area contributed by atoms with Crippen LogP contribution in [0.25, 0.3) is 0 Å². The Morgan fingerprint density at radius 1 is 1.22 bits per heavy atom. The van der Waals surface area contributed by atoms with Crippen molar-refractivity contribution >= 4 is 34.7 Å². The average molecular weight is 518 g/mol. The number of amides is 1. The fraction of sp³-hybridized carbons (Fsp3) is 0.440. The Bertz CT molecular complexity index is 1200. The van der Waals surface area contributed by atoms with Crippen LogP contribution in [-0.4, -0.2) is 51.2 Å². The number of piperidine rings is 1. The van der Waals surface area contributed by atoms with E-state index in [1.54, 1.807) is 31.0 Å². The van der Waals surface area contributed by atoms with Gasteiger partial charge in [0.05, 0.1) is 22.9 Å². The second-order valence-corrected chi connectivity index (χ2v) is 9.91. The smallest absolute Gasteiger partial charge is 0.396 e. The van der Waals surface area contributed by atoms with Gasteiger partial charge in [0.15, 0.2) is 5.11 Å². The summed E-state index contributed by atoms with van der Waals surface area (Å²) in [6.07, 6.45) is -1.23. The fourth-order valence-electron chi connectivity index (χ4n) is 4.56. The van der Waals surface area contributed by atoms with Gasteiger partial charge >= 0.3 is 6.18 Å². The van der Waals surface area contributed by atoms with Crippen molar-refractivity contribution in [3.05, 3.63) is 53.2 Å². The van der Waals surface area contributed by atoms with Crippen LogP contribution in [0, 0.1) is 17.2 Å². The Balaban J connectivity index is 1.55. The Kier molecular flexibility index (Phi) is 6.94. The number of alkyl halides is 3. The van der Waals surface area contributed by atoms with Crippen molar-refractivity contribution in [3.63, 3.8) is 0 Å². The molecular weight excluding hydrogens is 491 g/mol. The molecule has 1 aromatic carbocycles. The van der Waals surface area contributed by atoms with Crippen LogP contribution in [0.3, 0.4) is 0 Å². The molecule has 4 rings (SSSR count). The molecule has 0 radical (unpaired) electrons. The number of hydrogen-bond donors (Lipinski definition) is 1. The van der Waals surface area contributed by atoms with E-state index in [1.807, 2.05) is 12.1 Å². The van der Waals surface area contributed by atoms with Crippen LogP contribution < -0.4 is 9.80 Å². The summed E-state index contributed by atoms with van der Waals surface area (Å²) in [5.41, 5.74) is -1.98. The van der Waals surface area contributed by atoms with Gasteiger partial charge < -0.3 is 14.9 Å². The molecular formula is C25H26F3N5O2S. The molecule has 190 valence electrons. The zero-order valence-corrected chi connectivity index (χ0v) is 20.7. The number of nitrogens with zero attached hydrogens (tertiary/aromatic N) is 5. The van der Waals surface area contributed by atoms with Crippen LogP contribution in [0.2, 0.25) is 0 Å². The summed E-state index contributed by atoms with van der Waals surface area (Å²) in [6, 6.07) is 8.48. The van der Waals surface area contributed by atoms with E-state index in [-0.39, 0.29) is 24.0 Å². The third-order valence-corrected chi connectivity index (χ3v) is 7.26. The minimum absolute atomic E-state index is 0.0355. The zero-order valence-electron chi connectivity index (χ0n) is 19.9. The summed E-state index contributed by atoms with van der Waals surface area (Å²) in [5.74, 6) is 0.692. The van der Waals surface area contributed by atoms with Gasteiger partial charge in [-0.05, 0) is 74.7 Å². The molecule has 2 aliphatic rings. The van der Waals surface area contributed by atoms with Crippen LogP contribution in [0.1, 0.15) is 43.4 Å². The molecule has 0 atom stereocenters. The quantitative estimate of drug-likeness (QED) is 0.598. The molecule has 7 nitrogen and oxygen atoms in total. The molecule has 2 aromatic rings. The largest absolute Gasteiger partial charge is 0.417 e. The van der Waals surface area contributed by atoms with Gasteiger partial charge in [0.25, 0.3) is 5.91 Å². The molecule has 0 bridgehead atoms. The van der Waals surface area contributed by atoms with Gasteiger partial charge in [-0.25, -0.2) is 4.98 Å². The van der Waals surface area contributed by atoms with E-state index < -0.39 is 28.7 Å². The third kappa shape index (κ3) is 4.75. The highest BCUT2D eigenvalue weighted by molar-refractivity contribution is 7.80. The number of carbonyl (C=O) groups is 1. The number of hydrogen-bond acceptors (Lipinski definition) is 6. The maximum absolute atomic E-state index is 13.5. The normalized spacial score (nSPS) is 18.6. The molecule has 1 amide bonds. The van der Waals surface area contributed by atoms with Crippen LogP contribution in [0.4, 0.5) is 24.7 Å². The molecule has 0 spiro atoms. The van der Waals surface area contributed by atoms with Crippen molar-refractivity contribution < 1.29 is 23.1 Å². The number of carbonyl (C=O) groups excluding carboxylic acids is 1. The lowest BCUT2D eigenvalue weighted by Crippen LogP contribution is -2.43. The van der Waals surface area contributed by atoms with Crippen molar-refractivity contribution in [3.8, 4) is 6.07 Å². The second-order valence-electron chi connectivity index (χ2n) is 9.55. The highest BCUT2D eigenvalue weighted by atomic mass is 32.1. The van der Waals surface area contributed by atoms with Gasteiger partial charge in [-0.2, -0.15) is 18.4 Å². The van der Waals surface area contributed by atoms with Gasteiger partial charge in [-0.3, -0.25) is 9.69 Å². The number of aliphatic hydroxyl groups excluding tert-OH is 1. The second kappa shape index (κ2) is 9.67. The molecule has 1 N–H and O–H groups in total. The first-order valence-corrected chi connectivity index (χ1v) is 12.0. The summed E-state index contributed by atoms with van der Waals surface area (Å²) in [5, 5.41) is 18.5. The van der Waals surface area contributed by atoms with Crippen LogP contribution >= 0.6 is 12.2 Å². The maximum atomic E-state index is 13.5. The first kappa shape index (κ1) is 25.9. The number of halogens is 3. The van der Waals surface area contributed by atoms with E-state index in [9.17, 15) is 23.1 Å². The molecule has 3 heterocycles. The molecule has 0 unspecified atom stereocenters. The van der Waals surface area contributed by atoms with Crippen LogP contribution in [-0.2, 0) is 17.5 Å². The Morgan fingerprint density at radius 2 is 1.92 bits per heavy atom. The predicted octanol–water partition coefficient (Wildman–Crippen LogP) is 4.09. The lowest BCUT2D eigenvalue weighted by Gasteiger charge is -2.32. The molecule has 2 fully saturated rings. The predicted molar refractivity (Wildman–Crippen MR) is 132 cm³/mol. The number of benzene rings is 1. The number of thiocarbonyl (C=S) groups is 1. The summed E-state index contributed by atoms with van der Waals surface area (Å²) in [7, 11) is 0. The van der Waals surface area contributed by atoms with Gasteiger partial charge in [-0.1, -0.05) is 6.07 Å². The van der Waals surface area contributed by atoms with E-state index >= 15 is 0 Å². The van der Waals surface area contributed by atoms with Gasteiger partial charge in [0.1, 0.15) is 11.4 Å². The number of aromatic nitrogens is 1. The summed E-state index contributed by atoms with van der Waals surface area (Å²) in [4.78, 5) is 22.8. The molecule has 36 heavy (non-hydrogen) atoms. The maximum Gasteiger partial charge on any atom is 0.417 e. The molecule has 2 aliphatic heterocycles. The number of pyridine rings is 1. The average Bonchev–Trinajstić information content (AvgIpc) is 3.02. The Morgan fingerprint density at radius 3 is 2.47 bits per heavy atom. The first-order valence-electron chi connectivity index (χ1n) is 11.6. The lowest BCUT2D eigenvalue weighted by atomic mass is 9.98. The van der Waals surface area contributed by atoms with Crippen LogP contribution in [0.15, 0.2) is 36.5 Å². The van der Waals surface area contributed by atoms with Crippen molar-refractivity contribution in [1.29, 1.82) is 5.26 Å². The summed E-state index contributed by atoms with van der Waals surface area (Å²) >= 11 is 5.55. The highest BCUT2D eigenvalue weighted by Gasteiger charge is 2.50. The number of aliphatic hydroxyl groups is 1. The van der Waals surface area contributed by atoms with Crippen molar-refractivity contribution in [2.75, 3.05) is 29.5 Å². The minimum atomic E-state index is -4.75. The SMILES string of the molecule is CC1(C)C(=O)N(c2ccc(C#N)c(C(F)(F)F)c2)C(=S)N1Cc1ccc(N2CCC(CO)CC2)nc1. The van der Waals surface area contributed by atoms with Gasteiger partial charge in [0, 0.05) is 32.4 Å². The van der Waals surface area contributed by atoms with Crippen molar-refractivity contribution in [2.24, 2.45) is 5.92 Å². The molecule has 0 aliphatic carbocycles. The third-order valence-electron chi connectivity index (χ3n) is 6.86. The van der Waals surface area contributed by atoms with E-state index in [2.05, 4.69) is 9.88 Å². The van der Waals surface area contributed by atoms with E-state index in [0.29, 0.717) is 5.92 Å². The Labute approximate surface area is 212 Å². The monoisotopic (exact) mass is 517 g/mol. The standard InChI is InChI=1S/C25H26F3N5O2S/c1-24(2)22(35)33(19-5-4-18(12-29)20(11-19)25(26,27)28)23(36)32(24)14-17-3-6-21(30-13-17)31-9-7-16(15-34)8-10-31/h3-6,11,13,16,34H,7-10,14-15H2,1-2H3.